The predicted octanol–water partition coefficient (Wildman–Crippen LogP) is 5.17. The van der Waals surface area contributed by atoms with Gasteiger partial charge in [0.05, 0.1) is 16.1 Å². The predicted molar refractivity (Wildman–Crippen MR) is 112 cm³/mol. The van der Waals surface area contributed by atoms with E-state index >= 15 is 0 Å². The number of fused-ring (bicyclic) bond motifs is 1. The van der Waals surface area contributed by atoms with Gasteiger partial charge < -0.3 is 19.1 Å². The summed E-state index contributed by atoms with van der Waals surface area (Å²) in [7, 11) is -3.09. The molecular formula is C21H14ClN2O4P. The van der Waals surface area contributed by atoms with Crippen molar-refractivity contribution in [3.05, 3.63) is 82.9 Å². The number of imidazole rings is 1. The van der Waals surface area contributed by atoms with Crippen LogP contribution in [-0.2, 0) is 4.57 Å². The highest BCUT2D eigenvalue weighted by Gasteiger charge is 2.09. The molecule has 4 rings (SSSR count). The number of aromatic nitrogens is 2. The highest BCUT2D eigenvalue weighted by atomic mass is 35.5. The van der Waals surface area contributed by atoms with Crippen molar-refractivity contribution < 1.29 is 18.7 Å². The van der Waals surface area contributed by atoms with E-state index in [0.717, 1.165) is 5.56 Å². The van der Waals surface area contributed by atoms with Crippen LogP contribution >= 0.6 is 19.9 Å². The molecule has 1 aromatic heterocycles. The van der Waals surface area contributed by atoms with Crippen LogP contribution in [0.5, 0.6) is 17.5 Å². The summed E-state index contributed by atoms with van der Waals surface area (Å²) in [6, 6.07) is 19.8. The number of nitrogens with zero attached hydrogens (tertiary/aromatic N) is 1. The van der Waals surface area contributed by atoms with Crippen LogP contribution in [0, 0.1) is 11.8 Å². The smallest absolute Gasteiger partial charge is 0.365 e. The van der Waals surface area contributed by atoms with Crippen molar-refractivity contribution in [3.8, 4) is 29.4 Å². The van der Waals surface area contributed by atoms with Crippen LogP contribution in [0.1, 0.15) is 11.1 Å². The van der Waals surface area contributed by atoms with Gasteiger partial charge in [0.15, 0.2) is 0 Å². The Bertz CT molecular complexity index is 1260. The van der Waals surface area contributed by atoms with E-state index in [-0.39, 0.29) is 11.8 Å². The van der Waals surface area contributed by atoms with E-state index in [1.807, 2.05) is 30.3 Å². The first kappa shape index (κ1) is 19.1. The van der Waals surface area contributed by atoms with E-state index in [2.05, 4.69) is 21.8 Å². The fourth-order valence-corrected chi connectivity index (χ4v) is 3.17. The van der Waals surface area contributed by atoms with Gasteiger partial charge in [0.25, 0.3) is 6.01 Å². The number of nitrogens with one attached hydrogen (secondary N) is 1. The third-order valence-corrected chi connectivity index (χ3v) is 4.61. The van der Waals surface area contributed by atoms with Gasteiger partial charge in [-0.05, 0) is 36.4 Å². The molecular weight excluding hydrogens is 411 g/mol. The van der Waals surface area contributed by atoms with Gasteiger partial charge in [-0.2, -0.15) is 4.98 Å². The van der Waals surface area contributed by atoms with E-state index < -0.39 is 8.25 Å². The Hall–Kier alpha value is -3.23. The molecule has 1 heterocycles. The fourth-order valence-electron chi connectivity index (χ4n) is 2.63. The first-order valence-electron chi connectivity index (χ1n) is 8.52. The number of H-pyrrole nitrogens is 1. The van der Waals surface area contributed by atoms with E-state index in [4.69, 9.17) is 25.8 Å². The van der Waals surface area contributed by atoms with E-state index in [9.17, 15) is 4.57 Å². The van der Waals surface area contributed by atoms with Crippen molar-refractivity contribution >= 4 is 30.9 Å². The number of ether oxygens (including phenoxy) is 1. The normalized spacial score (nSPS) is 11.5. The largest absolute Gasteiger partial charge is 0.426 e. The summed E-state index contributed by atoms with van der Waals surface area (Å²) in [5, 5.41) is 0.500. The molecule has 4 aromatic rings. The van der Waals surface area contributed by atoms with Gasteiger partial charge in [-0.3, -0.25) is 0 Å². The molecule has 3 aromatic carbocycles. The number of hydrogen-bond donors (Lipinski definition) is 2. The second kappa shape index (κ2) is 8.42. The summed E-state index contributed by atoms with van der Waals surface area (Å²) in [5.41, 5.74) is 2.89. The Balaban J connectivity index is 1.60. The maximum Gasteiger partial charge on any atom is 0.365 e. The number of aromatic amines is 1. The SMILES string of the molecule is O=[PH](O)Oc1cccc(Oc2nc3cc(C#Cc4ccccc4)c(Cl)cc3[nH]2)c1. The number of rotatable bonds is 4. The minimum atomic E-state index is -3.09. The molecule has 0 amide bonds. The van der Waals surface area contributed by atoms with Crippen LogP contribution < -0.4 is 9.26 Å². The molecule has 29 heavy (non-hydrogen) atoms. The molecule has 1 unspecified atom stereocenters. The highest BCUT2D eigenvalue weighted by molar-refractivity contribution is 7.32. The van der Waals surface area contributed by atoms with Crippen LogP contribution in [0.25, 0.3) is 11.0 Å². The monoisotopic (exact) mass is 424 g/mol. The summed E-state index contributed by atoms with van der Waals surface area (Å²) in [6.45, 7) is 0. The van der Waals surface area contributed by atoms with Crippen molar-refractivity contribution in [2.45, 2.75) is 0 Å². The number of hydrogen-bond acceptors (Lipinski definition) is 4. The Kier molecular flexibility index (Phi) is 5.55. The first-order valence-corrected chi connectivity index (χ1v) is 10.2. The van der Waals surface area contributed by atoms with Crippen molar-refractivity contribution in [3.63, 3.8) is 0 Å². The zero-order valence-corrected chi connectivity index (χ0v) is 16.6. The van der Waals surface area contributed by atoms with Gasteiger partial charge >= 0.3 is 8.25 Å². The highest BCUT2D eigenvalue weighted by Crippen LogP contribution is 2.30. The topological polar surface area (TPSA) is 84.4 Å². The molecule has 0 fully saturated rings. The number of halogens is 1. The molecule has 8 heteroatoms. The zero-order valence-electron chi connectivity index (χ0n) is 14.8. The molecule has 1 atom stereocenters. The third-order valence-electron chi connectivity index (χ3n) is 3.89. The Labute approximate surface area is 172 Å². The lowest BCUT2D eigenvalue weighted by Crippen LogP contribution is -1.87. The molecule has 0 aliphatic heterocycles. The van der Waals surface area contributed by atoms with Gasteiger partial charge in [-0.1, -0.05) is 47.7 Å². The average molecular weight is 425 g/mol. The maximum absolute atomic E-state index is 10.8. The summed E-state index contributed by atoms with van der Waals surface area (Å²) in [6.07, 6.45) is 0. The van der Waals surface area contributed by atoms with Gasteiger partial charge in [0.2, 0.25) is 0 Å². The number of benzene rings is 3. The van der Waals surface area contributed by atoms with Gasteiger partial charge in [0, 0.05) is 17.2 Å². The lowest BCUT2D eigenvalue weighted by Gasteiger charge is -2.04. The van der Waals surface area contributed by atoms with E-state index in [1.54, 1.807) is 30.3 Å². The molecule has 2 N–H and O–H groups in total. The average Bonchev–Trinajstić information content (AvgIpc) is 3.07. The molecule has 0 saturated heterocycles. The minimum Gasteiger partial charge on any atom is -0.426 e. The van der Waals surface area contributed by atoms with Crippen molar-refractivity contribution in [1.29, 1.82) is 0 Å². The van der Waals surface area contributed by atoms with Gasteiger partial charge in [-0.25, -0.2) is 4.57 Å². The second-order valence-electron chi connectivity index (χ2n) is 5.95. The molecule has 144 valence electrons. The quantitative estimate of drug-likeness (QED) is 0.349. The molecule has 0 spiro atoms. The Morgan fingerprint density at radius 1 is 1.00 bits per heavy atom. The summed E-state index contributed by atoms with van der Waals surface area (Å²) in [5.74, 6) is 6.77. The third kappa shape index (κ3) is 4.79. The van der Waals surface area contributed by atoms with E-state index in [1.165, 1.54) is 6.07 Å². The van der Waals surface area contributed by atoms with Crippen LogP contribution in [0.2, 0.25) is 5.02 Å². The van der Waals surface area contributed by atoms with Crippen molar-refractivity contribution in [2.24, 2.45) is 0 Å². The van der Waals surface area contributed by atoms with Crippen LogP contribution in [0.3, 0.4) is 0 Å². The Morgan fingerprint density at radius 3 is 2.59 bits per heavy atom. The van der Waals surface area contributed by atoms with Crippen LogP contribution in [0.4, 0.5) is 0 Å². The molecule has 0 aliphatic rings. The maximum atomic E-state index is 10.8. The van der Waals surface area contributed by atoms with Gasteiger partial charge in [-0.15, -0.1) is 0 Å². The molecule has 0 radical (unpaired) electrons. The molecule has 6 nitrogen and oxygen atoms in total. The summed E-state index contributed by atoms with van der Waals surface area (Å²) >= 11 is 6.35. The first-order chi connectivity index (χ1) is 14.1. The standard InChI is InChI=1S/C21H14ClN2O4P/c22-18-13-20-19(11-15(18)10-9-14-5-2-1-3-6-14)23-21(24-20)27-16-7-4-8-17(12-16)28-29(25)26/h1-8,11-13,29H,(H,23,24)(H,25,26). The summed E-state index contributed by atoms with van der Waals surface area (Å²) < 4.78 is 21.3. The van der Waals surface area contributed by atoms with Gasteiger partial charge in [0.1, 0.15) is 11.5 Å². The van der Waals surface area contributed by atoms with Crippen LogP contribution in [-0.4, -0.2) is 14.9 Å². The molecule has 0 saturated carbocycles. The zero-order chi connectivity index (χ0) is 20.2. The van der Waals surface area contributed by atoms with Crippen molar-refractivity contribution in [1.82, 2.24) is 9.97 Å². The van der Waals surface area contributed by atoms with E-state index in [0.29, 0.717) is 27.4 Å². The lowest BCUT2D eigenvalue weighted by molar-refractivity contribution is 0.407. The second-order valence-corrected chi connectivity index (χ2v) is 7.10. The van der Waals surface area contributed by atoms with Crippen molar-refractivity contribution in [2.75, 3.05) is 0 Å². The molecule has 0 aliphatic carbocycles. The summed E-state index contributed by atoms with van der Waals surface area (Å²) in [4.78, 5) is 16.3. The minimum absolute atomic E-state index is 0.228. The Morgan fingerprint density at radius 2 is 1.79 bits per heavy atom. The van der Waals surface area contributed by atoms with Crippen LogP contribution in [0.15, 0.2) is 66.7 Å². The molecule has 0 bridgehead atoms. The lowest BCUT2D eigenvalue weighted by atomic mass is 10.1. The fraction of sp³-hybridized carbons (Fsp3) is 0.